The van der Waals surface area contributed by atoms with Crippen LogP contribution in [0.2, 0.25) is 0 Å². The second kappa shape index (κ2) is 5.69. The SMILES string of the molecule is CCC[C@H](CC)c1ccc(OC)cc1. The lowest BCUT2D eigenvalue weighted by Crippen LogP contribution is -1.96. The van der Waals surface area contributed by atoms with Crippen LogP contribution in [0.4, 0.5) is 0 Å². The highest BCUT2D eigenvalue weighted by Gasteiger charge is 2.07. The van der Waals surface area contributed by atoms with E-state index in [0.717, 1.165) is 5.75 Å². The molecule has 1 aromatic carbocycles. The molecule has 0 saturated heterocycles. The Bertz CT molecular complexity index is 250. The Hall–Kier alpha value is -0.980. The smallest absolute Gasteiger partial charge is 0.118 e. The molecule has 0 aliphatic heterocycles. The van der Waals surface area contributed by atoms with Gasteiger partial charge in [-0.2, -0.15) is 0 Å². The van der Waals surface area contributed by atoms with E-state index in [1.54, 1.807) is 7.11 Å². The Morgan fingerprint density at radius 1 is 1.14 bits per heavy atom. The largest absolute Gasteiger partial charge is 0.497 e. The van der Waals surface area contributed by atoms with Crippen molar-refractivity contribution in [2.75, 3.05) is 7.11 Å². The number of methoxy groups -OCH3 is 1. The molecular weight excluding hydrogens is 172 g/mol. The minimum Gasteiger partial charge on any atom is -0.497 e. The van der Waals surface area contributed by atoms with Gasteiger partial charge in [-0.3, -0.25) is 0 Å². The Labute approximate surface area is 87.1 Å². The summed E-state index contributed by atoms with van der Waals surface area (Å²) in [4.78, 5) is 0. The summed E-state index contributed by atoms with van der Waals surface area (Å²) in [5.74, 6) is 1.66. The van der Waals surface area contributed by atoms with E-state index in [0.29, 0.717) is 5.92 Å². The fourth-order valence-electron chi connectivity index (χ4n) is 1.83. The monoisotopic (exact) mass is 192 g/mol. The molecule has 0 bridgehead atoms. The standard InChI is InChI=1S/C13H20O/c1-4-6-11(5-2)12-7-9-13(14-3)10-8-12/h7-11H,4-6H2,1-3H3/t11-/m0/s1. The maximum absolute atomic E-state index is 5.14. The van der Waals surface area contributed by atoms with Crippen LogP contribution >= 0.6 is 0 Å². The molecule has 0 amide bonds. The fourth-order valence-corrected chi connectivity index (χ4v) is 1.83. The molecule has 1 rings (SSSR count). The van der Waals surface area contributed by atoms with E-state index in [9.17, 15) is 0 Å². The van der Waals surface area contributed by atoms with Crippen LogP contribution in [-0.4, -0.2) is 7.11 Å². The topological polar surface area (TPSA) is 9.23 Å². The van der Waals surface area contributed by atoms with Gasteiger partial charge in [-0.25, -0.2) is 0 Å². The van der Waals surface area contributed by atoms with Gasteiger partial charge in [-0.1, -0.05) is 32.4 Å². The van der Waals surface area contributed by atoms with Gasteiger partial charge in [0, 0.05) is 0 Å². The normalized spacial score (nSPS) is 12.5. The molecule has 1 atom stereocenters. The van der Waals surface area contributed by atoms with Gasteiger partial charge in [0.2, 0.25) is 0 Å². The van der Waals surface area contributed by atoms with E-state index in [2.05, 4.69) is 26.0 Å². The highest BCUT2D eigenvalue weighted by atomic mass is 16.5. The van der Waals surface area contributed by atoms with E-state index in [1.165, 1.54) is 24.8 Å². The average Bonchev–Trinajstić information content (AvgIpc) is 2.26. The lowest BCUT2D eigenvalue weighted by molar-refractivity contribution is 0.414. The van der Waals surface area contributed by atoms with Crippen molar-refractivity contribution in [1.82, 2.24) is 0 Å². The summed E-state index contributed by atoms with van der Waals surface area (Å²) in [6.07, 6.45) is 3.76. The van der Waals surface area contributed by atoms with Crippen molar-refractivity contribution in [3.63, 3.8) is 0 Å². The van der Waals surface area contributed by atoms with Crippen LogP contribution in [0.25, 0.3) is 0 Å². The number of hydrogen-bond acceptors (Lipinski definition) is 1. The van der Waals surface area contributed by atoms with Crippen LogP contribution in [0.1, 0.15) is 44.6 Å². The van der Waals surface area contributed by atoms with E-state index in [-0.39, 0.29) is 0 Å². The third-order valence-corrected chi connectivity index (χ3v) is 2.72. The summed E-state index contributed by atoms with van der Waals surface area (Å²) in [5.41, 5.74) is 1.44. The highest BCUT2D eigenvalue weighted by molar-refractivity contribution is 5.29. The predicted molar refractivity (Wildman–Crippen MR) is 60.9 cm³/mol. The van der Waals surface area contributed by atoms with Crippen molar-refractivity contribution >= 4 is 0 Å². The molecule has 0 aliphatic rings. The summed E-state index contributed by atoms with van der Waals surface area (Å²) in [7, 11) is 1.71. The molecule has 0 aliphatic carbocycles. The number of ether oxygens (including phenoxy) is 1. The van der Waals surface area contributed by atoms with Gasteiger partial charge in [-0.15, -0.1) is 0 Å². The summed E-state index contributed by atoms with van der Waals surface area (Å²) < 4.78 is 5.14. The Balaban J connectivity index is 2.73. The first kappa shape index (κ1) is 11.1. The van der Waals surface area contributed by atoms with Gasteiger partial charge in [-0.05, 0) is 36.5 Å². The highest BCUT2D eigenvalue weighted by Crippen LogP contribution is 2.26. The minimum absolute atomic E-state index is 0.714. The van der Waals surface area contributed by atoms with Gasteiger partial charge < -0.3 is 4.74 Å². The maximum atomic E-state index is 5.14. The molecule has 0 unspecified atom stereocenters. The van der Waals surface area contributed by atoms with Crippen molar-refractivity contribution in [2.24, 2.45) is 0 Å². The van der Waals surface area contributed by atoms with E-state index < -0.39 is 0 Å². The van der Waals surface area contributed by atoms with Crippen LogP contribution < -0.4 is 4.74 Å². The predicted octanol–water partition coefficient (Wildman–Crippen LogP) is 3.99. The van der Waals surface area contributed by atoms with E-state index in [1.807, 2.05) is 12.1 Å². The van der Waals surface area contributed by atoms with E-state index >= 15 is 0 Å². The fraction of sp³-hybridized carbons (Fsp3) is 0.538. The van der Waals surface area contributed by atoms with Crippen LogP contribution in [0.5, 0.6) is 5.75 Å². The zero-order valence-electron chi connectivity index (χ0n) is 9.42. The second-order valence-electron chi connectivity index (χ2n) is 3.67. The molecule has 0 saturated carbocycles. The molecule has 0 heterocycles. The molecule has 0 aromatic heterocycles. The van der Waals surface area contributed by atoms with Crippen LogP contribution in [0, 0.1) is 0 Å². The number of benzene rings is 1. The molecular formula is C13H20O. The van der Waals surface area contributed by atoms with Crippen molar-refractivity contribution in [2.45, 2.75) is 39.0 Å². The van der Waals surface area contributed by atoms with Gasteiger partial charge in [0.15, 0.2) is 0 Å². The van der Waals surface area contributed by atoms with Crippen molar-refractivity contribution in [3.05, 3.63) is 29.8 Å². The molecule has 1 heteroatoms. The number of hydrogen-bond donors (Lipinski definition) is 0. The zero-order chi connectivity index (χ0) is 10.4. The number of rotatable bonds is 5. The Morgan fingerprint density at radius 2 is 1.79 bits per heavy atom. The van der Waals surface area contributed by atoms with Crippen LogP contribution in [0.3, 0.4) is 0 Å². The molecule has 78 valence electrons. The summed E-state index contributed by atoms with van der Waals surface area (Å²) in [6, 6.07) is 8.46. The average molecular weight is 192 g/mol. The molecule has 0 radical (unpaired) electrons. The molecule has 14 heavy (non-hydrogen) atoms. The third kappa shape index (κ3) is 2.76. The summed E-state index contributed by atoms with van der Waals surface area (Å²) in [5, 5.41) is 0. The lowest BCUT2D eigenvalue weighted by atomic mass is 9.92. The van der Waals surface area contributed by atoms with Crippen molar-refractivity contribution in [3.8, 4) is 5.75 Å². The molecule has 0 spiro atoms. The quantitative estimate of drug-likeness (QED) is 0.685. The Kier molecular flexibility index (Phi) is 4.51. The first-order valence-corrected chi connectivity index (χ1v) is 5.45. The molecule has 0 N–H and O–H groups in total. The molecule has 1 aromatic rings. The second-order valence-corrected chi connectivity index (χ2v) is 3.67. The lowest BCUT2D eigenvalue weighted by Gasteiger charge is -2.14. The first-order valence-electron chi connectivity index (χ1n) is 5.45. The first-order chi connectivity index (χ1) is 6.81. The van der Waals surface area contributed by atoms with E-state index in [4.69, 9.17) is 4.74 Å². The van der Waals surface area contributed by atoms with Gasteiger partial charge >= 0.3 is 0 Å². The van der Waals surface area contributed by atoms with Crippen LogP contribution in [-0.2, 0) is 0 Å². The summed E-state index contributed by atoms with van der Waals surface area (Å²) >= 11 is 0. The molecule has 1 nitrogen and oxygen atoms in total. The maximum Gasteiger partial charge on any atom is 0.118 e. The van der Waals surface area contributed by atoms with Gasteiger partial charge in [0.1, 0.15) is 5.75 Å². The summed E-state index contributed by atoms with van der Waals surface area (Å²) in [6.45, 7) is 4.50. The van der Waals surface area contributed by atoms with Gasteiger partial charge in [0.25, 0.3) is 0 Å². The third-order valence-electron chi connectivity index (χ3n) is 2.72. The van der Waals surface area contributed by atoms with Gasteiger partial charge in [0.05, 0.1) is 7.11 Å². The zero-order valence-corrected chi connectivity index (χ0v) is 9.42. The van der Waals surface area contributed by atoms with Crippen LogP contribution in [0.15, 0.2) is 24.3 Å². The van der Waals surface area contributed by atoms with Crippen molar-refractivity contribution < 1.29 is 4.74 Å². The van der Waals surface area contributed by atoms with Crippen molar-refractivity contribution in [1.29, 1.82) is 0 Å². The minimum atomic E-state index is 0.714. The Morgan fingerprint density at radius 3 is 2.21 bits per heavy atom. The molecule has 0 fully saturated rings.